The lowest BCUT2D eigenvalue weighted by atomic mass is 10.2. The molecular weight excluding hydrogens is 321 g/mol. The zero-order valence-electron chi connectivity index (χ0n) is 14.6. The first-order valence-electron chi connectivity index (χ1n) is 8.43. The molecule has 0 aliphatic carbocycles. The summed E-state index contributed by atoms with van der Waals surface area (Å²) in [6.07, 6.45) is -0.646. The Morgan fingerprint density at radius 2 is 1.80 bits per heavy atom. The summed E-state index contributed by atoms with van der Waals surface area (Å²) < 4.78 is 24.5. The van der Waals surface area contributed by atoms with E-state index in [0.717, 1.165) is 5.56 Å². The first-order valence-corrected chi connectivity index (χ1v) is 8.43. The van der Waals surface area contributed by atoms with E-state index in [0.29, 0.717) is 38.4 Å². The highest BCUT2D eigenvalue weighted by atomic mass is 19.1. The van der Waals surface area contributed by atoms with Crippen LogP contribution in [0.15, 0.2) is 54.6 Å². The van der Waals surface area contributed by atoms with Gasteiger partial charge in [-0.3, -0.25) is 4.90 Å². The van der Waals surface area contributed by atoms with Crippen LogP contribution in [0.2, 0.25) is 0 Å². The molecule has 0 aromatic heterocycles. The topological polar surface area (TPSA) is 41.9 Å². The predicted molar refractivity (Wildman–Crippen MR) is 95.7 cm³/mol. The predicted octanol–water partition coefficient (Wildman–Crippen LogP) is 2.85. The lowest BCUT2D eigenvalue weighted by molar-refractivity contribution is 0.00462. The highest BCUT2D eigenvalue weighted by Gasteiger charge is 2.14. The zero-order chi connectivity index (χ0) is 17.9. The van der Waals surface area contributed by atoms with E-state index in [1.807, 2.05) is 41.3 Å². The van der Waals surface area contributed by atoms with E-state index < -0.39 is 6.10 Å². The summed E-state index contributed by atoms with van der Waals surface area (Å²) in [5.74, 6) is -0.236. The maximum atomic E-state index is 13.9. The van der Waals surface area contributed by atoms with E-state index in [1.165, 1.54) is 6.07 Å². The van der Waals surface area contributed by atoms with Crippen molar-refractivity contribution in [3.63, 3.8) is 0 Å². The van der Waals surface area contributed by atoms with Crippen LogP contribution < -0.4 is 0 Å². The Bertz CT molecular complexity index is 609. The van der Waals surface area contributed by atoms with Gasteiger partial charge in [0.1, 0.15) is 5.82 Å². The summed E-state index contributed by atoms with van der Waals surface area (Å²) in [5, 5.41) is 10.2. The first kappa shape index (κ1) is 19.5. The molecule has 0 bridgehead atoms. The lowest BCUT2D eigenvalue weighted by Gasteiger charge is -2.25. The molecule has 0 spiro atoms. The zero-order valence-corrected chi connectivity index (χ0v) is 14.6. The molecule has 0 heterocycles. The summed E-state index contributed by atoms with van der Waals surface area (Å²) >= 11 is 0. The maximum absolute atomic E-state index is 13.9. The van der Waals surface area contributed by atoms with Crippen LogP contribution in [0.5, 0.6) is 0 Å². The molecule has 5 heteroatoms. The van der Waals surface area contributed by atoms with Crippen molar-refractivity contribution in [2.75, 3.05) is 33.4 Å². The van der Waals surface area contributed by atoms with Gasteiger partial charge in [0.15, 0.2) is 0 Å². The van der Waals surface area contributed by atoms with Gasteiger partial charge >= 0.3 is 0 Å². The summed E-state index contributed by atoms with van der Waals surface area (Å²) in [5.41, 5.74) is 1.67. The van der Waals surface area contributed by atoms with E-state index in [2.05, 4.69) is 0 Å². The first-order chi connectivity index (χ1) is 12.2. The van der Waals surface area contributed by atoms with E-state index in [4.69, 9.17) is 9.47 Å². The highest BCUT2D eigenvalue weighted by molar-refractivity contribution is 5.17. The van der Waals surface area contributed by atoms with Crippen LogP contribution in [0.3, 0.4) is 0 Å². The Balaban J connectivity index is 1.82. The van der Waals surface area contributed by atoms with Crippen molar-refractivity contribution in [3.8, 4) is 0 Å². The minimum Gasteiger partial charge on any atom is -0.389 e. The standard InChI is InChI=1S/C20H26FNO3/c1-24-12-11-22(13-18-9-5-6-10-20(18)21)14-19(23)16-25-15-17-7-3-2-4-8-17/h2-10,19,23H,11-16H2,1H3/t19-/m1/s1. The Morgan fingerprint density at radius 3 is 2.52 bits per heavy atom. The van der Waals surface area contributed by atoms with Crippen LogP contribution >= 0.6 is 0 Å². The van der Waals surface area contributed by atoms with Crippen LogP contribution in [0.4, 0.5) is 4.39 Å². The smallest absolute Gasteiger partial charge is 0.127 e. The van der Waals surface area contributed by atoms with Crippen molar-refractivity contribution in [2.45, 2.75) is 19.3 Å². The van der Waals surface area contributed by atoms with Crippen LogP contribution in [0.25, 0.3) is 0 Å². The van der Waals surface area contributed by atoms with Gasteiger partial charge in [0, 0.05) is 32.3 Å². The molecule has 1 N–H and O–H groups in total. The number of aliphatic hydroxyl groups is 1. The molecule has 2 aromatic rings. The van der Waals surface area contributed by atoms with E-state index >= 15 is 0 Å². The van der Waals surface area contributed by atoms with Crippen LogP contribution in [-0.4, -0.2) is 49.5 Å². The minimum atomic E-state index is -0.646. The average Bonchev–Trinajstić information content (AvgIpc) is 2.62. The van der Waals surface area contributed by atoms with E-state index in [1.54, 1.807) is 19.2 Å². The van der Waals surface area contributed by atoms with Gasteiger partial charge in [0.25, 0.3) is 0 Å². The van der Waals surface area contributed by atoms with Crippen molar-refractivity contribution in [3.05, 3.63) is 71.5 Å². The van der Waals surface area contributed by atoms with Crippen LogP contribution in [0.1, 0.15) is 11.1 Å². The fourth-order valence-electron chi connectivity index (χ4n) is 2.56. The van der Waals surface area contributed by atoms with Gasteiger partial charge in [0.05, 0.1) is 25.9 Å². The molecule has 0 unspecified atom stereocenters. The van der Waals surface area contributed by atoms with Crippen molar-refractivity contribution in [1.82, 2.24) is 4.90 Å². The fraction of sp³-hybridized carbons (Fsp3) is 0.400. The Hall–Kier alpha value is -1.79. The van der Waals surface area contributed by atoms with Crippen LogP contribution in [0, 0.1) is 5.82 Å². The molecule has 4 nitrogen and oxygen atoms in total. The number of benzene rings is 2. The molecule has 0 saturated heterocycles. The number of hydrogen-bond donors (Lipinski definition) is 1. The molecular formula is C20H26FNO3. The average molecular weight is 347 g/mol. The summed E-state index contributed by atoms with van der Waals surface area (Å²) in [4.78, 5) is 1.97. The minimum absolute atomic E-state index is 0.232. The van der Waals surface area contributed by atoms with Gasteiger partial charge in [-0.2, -0.15) is 0 Å². The van der Waals surface area contributed by atoms with Crippen molar-refractivity contribution in [2.24, 2.45) is 0 Å². The second-order valence-corrected chi connectivity index (χ2v) is 5.97. The second kappa shape index (κ2) is 10.9. The van der Waals surface area contributed by atoms with Gasteiger partial charge in [-0.15, -0.1) is 0 Å². The quantitative estimate of drug-likeness (QED) is 0.679. The molecule has 0 amide bonds. The molecule has 2 aromatic carbocycles. The number of nitrogens with zero attached hydrogens (tertiary/aromatic N) is 1. The monoisotopic (exact) mass is 347 g/mol. The fourth-order valence-corrected chi connectivity index (χ4v) is 2.56. The lowest BCUT2D eigenvalue weighted by Crippen LogP contribution is -2.36. The molecule has 0 saturated carbocycles. The summed E-state index contributed by atoms with van der Waals surface area (Å²) in [6.45, 7) is 2.64. The van der Waals surface area contributed by atoms with Gasteiger partial charge in [-0.25, -0.2) is 4.39 Å². The number of ether oxygens (including phenoxy) is 2. The molecule has 25 heavy (non-hydrogen) atoms. The Morgan fingerprint density at radius 1 is 1.08 bits per heavy atom. The number of rotatable bonds is 11. The largest absolute Gasteiger partial charge is 0.389 e. The van der Waals surface area contributed by atoms with E-state index in [-0.39, 0.29) is 12.4 Å². The number of methoxy groups -OCH3 is 1. The van der Waals surface area contributed by atoms with Crippen molar-refractivity contribution >= 4 is 0 Å². The number of aliphatic hydroxyl groups excluding tert-OH is 1. The molecule has 1 atom stereocenters. The van der Waals surface area contributed by atoms with Crippen LogP contribution in [-0.2, 0) is 22.6 Å². The van der Waals surface area contributed by atoms with Crippen molar-refractivity contribution < 1.29 is 19.0 Å². The van der Waals surface area contributed by atoms with Gasteiger partial charge in [-0.05, 0) is 11.6 Å². The normalized spacial score (nSPS) is 12.5. The molecule has 2 rings (SSSR count). The van der Waals surface area contributed by atoms with Gasteiger partial charge in [-0.1, -0.05) is 48.5 Å². The van der Waals surface area contributed by atoms with Gasteiger partial charge < -0.3 is 14.6 Å². The molecule has 0 fully saturated rings. The molecule has 0 radical (unpaired) electrons. The molecule has 0 aliphatic heterocycles. The number of halogens is 1. The maximum Gasteiger partial charge on any atom is 0.127 e. The Labute approximate surface area is 148 Å². The van der Waals surface area contributed by atoms with Gasteiger partial charge in [0.2, 0.25) is 0 Å². The Kier molecular flexibility index (Phi) is 8.55. The van der Waals surface area contributed by atoms with E-state index in [9.17, 15) is 9.50 Å². The third kappa shape index (κ3) is 7.32. The molecule has 136 valence electrons. The summed E-state index contributed by atoms with van der Waals surface area (Å²) in [7, 11) is 1.63. The SMILES string of the molecule is COCCN(Cc1ccccc1F)C[C@@H](O)COCc1ccccc1. The van der Waals surface area contributed by atoms with Crippen molar-refractivity contribution in [1.29, 1.82) is 0 Å². The third-order valence-corrected chi connectivity index (χ3v) is 3.85. The number of hydrogen-bond acceptors (Lipinski definition) is 4. The third-order valence-electron chi connectivity index (χ3n) is 3.85. The summed E-state index contributed by atoms with van der Waals surface area (Å²) in [6, 6.07) is 16.5. The highest BCUT2D eigenvalue weighted by Crippen LogP contribution is 2.10. The second-order valence-electron chi connectivity index (χ2n) is 5.97. The molecule has 0 aliphatic rings.